The lowest BCUT2D eigenvalue weighted by Gasteiger charge is -2.27. The lowest BCUT2D eigenvalue weighted by atomic mass is 10.1. The number of methoxy groups -OCH3 is 2. The number of nitro benzene ring substituents is 1. The summed E-state index contributed by atoms with van der Waals surface area (Å²) in [5.74, 6) is -0.629. The third-order valence-electron chi connectivity index (χ3n) is 3.65. The molecule has 0 aliphatic carbocycles. The zero-order chi connectivity index (χ0) is 23.6. The molecule has 1 aromatic carbocycles. The molecule has 1 aromatic rings. The van der Waals surface area contributed by atoms with Crippen molar-refractivity contribution in [3.8, 4) is 6.07 Å². The van der Waals surface area contributed by atoms with Crippen LogP contribution in [0.4, 0.5) is 26.7 Å². The fourth-order valence-corrected chi connectivity index (χ4v) is 2.76. The summed E-state index contributed by atoms with van der Waals surface area (Å²) < 4.78 is 18.4. The first-order valence-corrected chi connectivity index (χ1v) is 8.89. The van der Waals surface area contributed by atoms with Gasteiger partial charge in [0.15, 0.2) is 0 Å². The third-order valence-corrected chi connectivity index (χ3v) is 4.02. The van der Waals surface area contributed by atoms with Gasteiger partial charge in [-0.25, -0.2) is 9.59 Å². The van der Waals surface area contributed by atoms with Crippen molar-refractivity contribution < 1.29 is 38.3 Å². The Morgan fingerprint density at radius 1 is 1.19 bits per heavy atom. The molecule has 0 fully saturated rings. The highest BCUT2D eigenvalue weighted by atomic mass is 35.5. The molecule has 0 aromatic heterocycles. The number of halogens is 1. The Balaban J connectivity index is 3.42. The second kappa shape index (κ2) is 12.0. The van der Waals surface area contributed by atoms with Crippen LogP contribution in [0.2, 0.25) is 5.02 Å². The van der Waals surface area contributed by atoms with Crippen LogP contribution in [-0.4, -0.2) is 63.7 Å². The molecule has 168 valence electrons. The fourth-order valence-electron chi connectivity index (χ4n) is 2.39. The number of nitro groups is 1. The lowest BCUT2D eigenvalue weighted by molar-refractivity contribution is -0.383. The number of hydrogen-bond acceptors (Lipinski definition) is 11. The Bertz CT molecular complexity index is 879. The number of carbonyl (C=O) groups excluding carboxylic acids is 3. The van der Waals surface area contributed by atoms with Gasteiger partial charge in [0, 0.05) is 13.0 Å². The number of nitrogens with zero attached hydrogens (tertiary/aromatic N) is 3. The number of benzene rings is 1. The topological polar surface area (TPSA) is 170 Å². The molecule has 1 N–H and O–H groups in total. The van der Waals surface area contributed by atoms with Gasteiger partial charge in [0.1, 0.15) is 25.0 Å². The normalized spacial score (nSPS) is 9.77. The Hall–Kier alpha value is -3.79. The largest absolute Gasteiger partial charge is 0.508 e. The summed E-state index contributed by atoms with van der Waals surface area (Å²) in [4.78, 5) is 45.9. The molecule has 1 amide bonds. The predicted octanol–water partition coefficient (Wildman–Crippen LogP) is 2.45. The van der Waals surface area contributed by atoms with E-state index in [0.717, 1.165) is 27.2 Å². The SMILES string of the molecule is COC(=O)OCCN(CCOC(=O)OC)c1c(C#N)cc([N+](=O)[O-])c(NC(C)=O)c1Cl. The standard InChI is InChI=1S/C17H19ClN4O9/c1-10(23)20-14-12(22(26)27)8-11(9-19)15(13(14)18)21(4-6-30-16(24)28-2)5-7-31-17(25)29-3/h8H,4-7H2,1-3H3,(H,20,23). The Kier molecular flexibility index (Phi) is 9.80. The van der Waals surface area contributed by atoms with Gasteiger partial charge in [0.25, 0.3) is 5.69 Å². The molecule has 0 atom stereocenters. The van der Waals surface area contributed by atoms with Crippen LogP contribution >= 0.6 is 11.6 Å². The van der Waals surface area contributed by atoms with Crippen molar-refractivity contribution in [2.45, 2.75) is 6.92 Å². The third kappa shape index (κ3) is 7.19. The van der Waals surface area contributed by atoms with Crippen molar-refractivity contribution in [2.24, 2.45) is 0 Å². The summed E-state index contributed by atoms with van der Waals surface area (Å²) in [6, 6.07) is 2.75. The predicted molar refractivity (Wildman–Crippen MR) is 106 cm³/mol. The van der Waals surface area contributed by atoms with E-state index in [1.54, 1.807) is 6.07 Å². The number of nitriles is 1. The number of hydrogen-bond donors (Lipinski definition) is 1. The molecule has 31 heavy (non-hydrogen) atoms. The van der Waals surface area contributed by atoms with Crippen LogP contribution in [0.25, 0.3) is 0 Å². The van der Waals surface area contributed by atoms with Gasteiger partial charge in [-0.15, -0.1) is 0 Å². The van der Waals surface area contributed by atoms with E-state index in [1.807, 2.05) is 0 Å². The van der Waals surface area contributed by atoms with Gasteiger partial charge in [0.05, 0.1) is 48.5 Å². The van der Waals surface area contributed by atoms with Gasteiger partial charge in [-0.2, -0.15) is 5.26 Å². The van der Waals surface area contributed by atoms with E-state index in [-0.39, 0.29) is 48.3 Å². The van der Waals surface area contributed by atoms with E-state index in [1.165, 1.54) is 4.90 Å². The zero-order valence-corrected chi connectivity index (χ0v) is 17.6. The van der Waals surface area contributed by atoms with Crippen LogP contribution in [-0.2, 0) is 23.7 Å². The van der Waals surface area contributed by atoms with Crippen molar-refractivity contribution in [2.75, 3.05) is 50.7 Å². The summed E-state index contributed by atoms with van der Waals surface area (Å²) in [6.45, 7) is 0.553. The van der Waals surface area contributed by atoms with Crippen LogP contribution in [0.1, 0.15) is 12.5 Å². The molecule has 0 heterocycles. The first kappa shape index (κ1) is 25.2. The summed E-state index contributed by atoms with van der Waals surface area (Å²) >= 11 is 6.34. The van der Waals surface area contributed by atoms with Gasteiger partial charge < -0.3 is 29.2 Å². The van der Waals surface area contributed by atoms with E-state index in [2.05, 4.69) is 14.8 Å². The van der Waals surface area contributed by atoms with Crippen molar-refractivity contribution in [1.29, 1.82) is 5.26 Å². The fraction of sp³-hybridized carbons (Fsp3) is 0.412. The molecule has 0 aliphatic rings. The quantitative estimate of drug-likeness (QED) is 0.327. The van der Waals surface area contributed by atoms with Crippen LogP contribution in [0.5, 0.6) is 0 Å². The van der Waals surface area contributed by atoms with E-state index >= 15 is 0 Å². The maximum absolute atomic E-state index is 11.5. The van der Waals surface area contributed by atoms with Gasteiger partial charge in [-0.3, -0.25) is 14.9 Å². The molecule has 0 aliphatic heterocycles. The second-order valence-corrected chi connectivity index (χ2v) is 6.00. The summed E-state index contributed by atoms with van der Waals surface area (Å²) in [6.07, 6.45) is -1.92. The minimum atomic E-state index is -0.958. The van der Waals surface area contributed by atoms with E-state index < -0.39 is 28.8 Å². The minimum absolute atomic E-state index is 0.000415. The molecule has 0 saturated heterocycles. The highest BCUT2D eigenvalue weighted by Gasteiger charge is 2.28. The number of anilines is 2. The Morgan fingerprint density at radius 2 is 1.71 bits per heavy atom. The highest BCUT2D eigenvalue weighted by molar-refractivity contribution is 6.37. The molecule has 13 nitrogen and oxygen atoms in total. The average Bonchev–Trinajstić information content (AvgIpc) is 2.72. The van der Waals surface area contributed by atoms with Crippen molar-refractivity contribution in [3.05, 3.63) is 26.8 Å². The number of amides is 1. The molecule has 0 saturated carbocycles. The van der Waals surface area contributed by atoms with Crippen molar-refractivity contribution in [3.63, 3.8) is 0 Å². The number of nitrogens with one attached hydrogen (secondary N) is 1. The van der Waals surface area contributed by atoms with Crippen LogP contribution in [0, 0.1) is 21.4 Å². The Labute approximate surface area is 181 Å². The molecule has 14 heteroatoms. The van der Waals surface area contributed by atoms with Gasteiger partial charge in [-0.1, -0.05) is 11.6 Å². The number of rotatable bonds is 9. The number of ether oxygens (including phenoxy) is 4. The molecule has 0 unspecified atom stereocenters. The van der Waals surface area contributed by atoms with Crippen LogP contribution in [0.3, 0.4) is 0 Å². The lowest BCUT2D eigenvalue weighted by Crippen LogP contribution is -2.33. The molecule has 0 bridgehead atoms. The number of carbonyl (C=O) groups is 3. The van der Waals surface area contributed by atoms with Gasteiger partial charge in [0.2, 0.25) is 5.91 Å². The first-order chi connectivity index (χ1) is 14.7. The van der Waals surface area contributed by atoms with E-state index in [4.69, 9.17) is 21.1 Å². The second-order valence-electron chi connectivity index (χ2n) is 5.62. The highest BCUT2D eigenvalue weighted by Crippen LogP contribution is 2.42. The summed E-state index contributed by atoms with van der Waals surface area (Å²) in [7, 11) is 2.23. The van der Waals surface area contributed by atoms with Crippen molar-refractivity contribution in [1.82, 2.24) is 0 Å². The first-order valence-electron chi connectivity index (χ1n) is 8.51. The van der Waals surface area contributed by atoms with E-state index in [9.17, 15) is 29.8 Å². The maximum Gasteiger partial charge on any atom is 0.508 e. The molecular formula is C17H19ClN4O9. The molecule has 0 radical (unpaired) electrons. The molecular weight excluding hydrogens is 440 g/mol. The van der Waals surface area contributed by atoms with Gasteiger partial charge >= 0.3 is 12.3 Å². The summed E-state index contributed by atoms with van der Waals surface area (Å²) in [5.41, 5.74) is -1.10. The summed E-state index contributed by atoms with van der Waals surface area (Å²) in [5, 5.41) is 22.9. The molecule has 0 spiro atoms. The van der Waals surface area contributed by atoms with Gasteiger partial charge in [-0.05, 0) is 0 Å². The van der Waals surface area contributed by atoms with Crippen LogP contribution in [0.15, 0.2) is 6.07 Å². The van der Waals surface area contributed by atoms with Crippen LogP contribution < -0.4 is 10.2 Å². The minimum Gasteiger partial charge on any atom is -0.438 e. The van der Waals surface area contributed by atoms with Crippen molar-refractivity contribution >= 4 is 46.9 Å². The monoisotopic (exact) mass is 458 g/mol. The smallest absolute Gasteiger partial charge is 0.438 e. The Morgan fingerprint density at radius 3 is 2.10 bits per heavy atom. The maximum atomic E-state index is 11.5. The van der Waals surface area contributed by atoms with E-state index in [0.29, 0.717) is 0 Å². The molecule has 1 rings (SSSR count). The zero-order valence-electron chi connectivity index (χ0n) is 16.8. The average molecular weight is 459 g/mol.